The molecule has 2 rings (SSSR count). The Morgan fingerprint density at radius 3 is 2.95 bits per heavy atom. The van der Waals surface area contributed by atoms with Crippen LogP contribution in [0.25, 0.3) is 0 Å². The number of benzene rings is 1. The number of hydrogen-bond donors (Lipinski definition) is 0. The Hall–Kier alpha value is -1.61. The molecule has 1 aromatic heterocycles. The van der Waals surface area contributed by atoms with Gasteiger partial charge in [0.1, 0.15) is 12.3 Å². The van der Waals surface area contributed by atoms with Gasteiger partial charge in [-0.2, -0.15) is 0 Å². The Morgan fingerprint density at radius 1 is 1.43 bits per heavy atom. The van der Waals surface area contributed by atoms with Crippen molar-refractivity contribution in [3.05, 3.63) is 28.2 Å². The highest BCUT2D eigenvalue weighted by Crippen LogP contribution is 2.29. The van der Waals surface area contributed by atoms with Crippen LogP contribution in [0.4, 0.5) is 0 Å². The number of carbonyl (C=O) groups excluding carboxylic acids is 1. The SMILES string of the molecule is COC(=O)Cn1nnnc1SCc1cc(Br)ccc1OC. The summed E-state index contributed by atoms with van der Waals surface area (Å²) in [6.07, 6.45) is 0. The molecule has 1 heterocycles. The van der Waals surface area contributed by atoms with E-state index >= 15 is 0 Å². The lowest BCUT2D eigenvalue weighted by atomic mass is 10.2. The number of aromatic nitrogens is 4. The maximum atomic E-state index is 11.3. The minimum absolute atomic E-state index is 0.0124. The minimum Gasteiger partial charge on any atom is -0.496 e. The number of tetrazole rings is 1. The fourth-order valence-electron chi connectivity index (χ4n) is 1.59. The van der Waals surface area contributed by atoms with Crippen LogP contribution in [0.5, 0.6) is 5.75 Å². The van der Waals surface area contributed by atoms with Gasteiger partial charge in [0, 0.05) is 15.8 Å². The molecule has 0 bridgehead atoms. The van der Waals surface area contributed by atoms with Crippen molar-refractivity contribution in [3.8, 4) is 5.75 Å². The van der Waals surface area contributed by atoms with Crippen LogP contribution >= 0.6 is 27.7 Å². The number of rotatable bonds is 6. The average molecular weight is 373 g/mol. The summed E-state index contributed by atoms with van der Waals surface area (Å²) in [6, 6.07) is 5.77. The number of halogens is 1. The Kier molecular flexibility index (Phi) is 5.57. The number of methoxy groups -OCH3 is 2. The molecule has 0 spiro atoms. The van der Waals surface area contributed by atoms with Crippen molar-refractivity contribution < 1.29 is 14.3 Å². The van der Waals surface area contributed by atoms with E-state index in [0.29, 0.717) is 10.9 Å². The van der Waals surface area contributed by atoms with E-state index in [2.05, 4.69) is 36.2 Å². The molecular weight excluding hydrogens is 360 g/mol. The van der Waals surface area contributed by atoms with Gasteiger partial charge in [-0.1, -0.05) is 27.7 Å². The first-order valence-electron chi connectivity index (χ1n) is 5.92. The molecule has 0 fully saturated rings. The lowest BCUT2D eigenvalue weighted by Gasteiger charge is -2.08. The molecule has 112 valence electrons. The number of carbonyl (C=O) groups is 1. The van der Waals surface area contributed by atoms with Gasteiger partial charge < -0.3 is 9.47 Å². The van der Waals surface area contributed by atoms with Crippen LogP contribution in [-0.4, -0.2) is 40.4 Å². The first-order chi connectivity index (χ1) is 10.1. The standard InChI is InChI=1S/C12H13BrN4O3S/c1-19-10-4-3-9(13)5-8(10)7-21-12-14-15-16-17(12)6-11(18)20-2/h3-5H,6-7H2,1-2H3. The van der Waals surface area contributed by atoms with Gasteiger partial charge in [0.25, 0.3) is 0 Å². The van der Waals surface area contributed by atoms with E-state index in [-0.39, 0.29) is 6.54 Å². The van der Waals surface area contributed by atoms with Crippen molar-refractivity contribution in [2.24, 2.45) is 0 Å². The zero-order chi connectivity index (χ0) is 15.2. The van der Waals surface area contributed by atoms with Crippen LogP contribution in [-0.2, 0) is 21.8 Å². The van der Waals surface area contributed by atoms with Gasteiger partial charge in [0.2, 0.25) is 5.16 Å². The number of nitrogens with zero attached hydrogens (tertiary/aromatic N) is 4. The monoisotopic (exact) mass is 372 g/mol. The molecule has 0 N–H and O–H groups in total. The van der Waals surface area contributed by atoms with Crippen LogP contribution < -0.4 is 4.74 Å². The number of thioether (sulfide) groups is 1. The summed E-state index contributed by atoms with van der Waals surface area (Å²) < 4.78 is 12.3. The molecule has 1 aromatic carbocycles. The summed E-state index contributed by atoms with van der Waals surface area (Å²) in [5.74, 6) is 1.01. The summed E-state index contributed by atoms with van der Waals surface area (Å²) in [5.41, 5.74) is 1.00. The summed E-state index contributed by atoms with van der Waals surface area (Å²) in [6.45, 7) is -0.0124. The van der Waals surface area contributed by atoms with Crippen molar-refractivity contribution in [3.63, 3.8) is 0 Å². The predicted octanol–water partition coefficient (Wildman–Crippen LogP) is 1.91. The molecule has 2 aromatic rings. The van der Waals surface area contributed by atoms with Gasteiger partial charge in [-0.15, -0.1) is 5.10 Å². The molecule has 0 unspecified atom stereocenters. The van der Waals surface area contributed by atoms with Gasteiger partial charge >= 0.3 is 5.97 Å². The lowest BCUT2D eigenvalue weighted by Crippen LogP contribution is -2.13. The first kappa shape index (κ1) is 15.8. The van der Waals surface area contributed by atoms with E-state index in [1.165, 1.54) is 23.6 Å². The molecule has 0 aliphatic rings. The van der Waals surface area contributed by atoms with E-state index in [4.69, 9.17) is 4.74 Å². The summed E-state index contributed by atoms with van der Waals surface area (Å²) in [4.78, 5) is 11.3. The van der Waals surface area contributed by atoms with Gasteiger partial charge in [-0.25, -0.2) is 4.68 Å². The maximum absolute atomic E-state index is 11.3. The van der Waals surface area contributed by atoms with E-state index in [1.807, 2.05) is 18.2 Å². The topological polar surface area (TPSA) is 79.1 Å². The van der Waals surface area contributed by atoms with E-state index in [1.54, 1.807) is 7.11 Å². The van der Waals surface area contributed by atoms with E-state index in [0.717, 1.165) is 15.8 Å². The highest BCUT2D eigenvalue weighted by Gasteiger charge is 2.12. The van der Waals surface area contributed by atoms with Crippen LogP contribution in [0.2, 0.25) is 0 Å². The molecule has 7 nitrogen and oxygen atoms in total. The second kappa shape index (κ2) is 7.41. The molecule has 21 heavy (non-hydrogen) atoms. The summed E-state index contributed by atoms with van der Waals surface area (Å²) >= 11 is 4.85. The maximum Gasteiger partial charge on any atom is 0.327 e. The largest absolute Gasteiger partial charge is 0.496 e. The quantitative estimate of drug-likeness (QED) is 0.565. The summed E-state index contributed by atoms with van der Waals surface area (Å²) in [5, 5.41) is 11.8. The third kappa shape index (κ3) is 4.18. The molecule has 0 aliphatic carbocycles. The second-order valence-corrected chi connectivity index (χ2v) is 5.80. The van der Waals surface area contributed by atoms with Crippen LogP contribution in [0, 0.1) is 0 Å². The van der Waals surface area contributed by atoms with Gasteiger partial charge in [0.15, 0.2) is 0 Å². The molecular formula is C12H13BrN4O3S. The second-order valence-electron chi connectivity index (χ2n) is 3.94. The van der Waals surface area contributed by atoms with E-state index in [9.17, 15) is 4.79 Å². The van der Waals surface area contributed by atoms with Gasteiger partial charge in [0.05, 0.1) is 14.2 Å². The van der Waals surface area contributed by atoms with Crippen molar-refractivity contribution >= 4 is 33.7 Å². The Labute approximate surface area is 134 Å². The van der Waals surface area contributed by atoms with Crippen molar-refractivity contribution in [2.45, 2.75) is 17.5 Å². The molecule has 0 aliphatic heterocycles. The van der Waals surface area contributed by atoms with Crippen LogP contribution in [0.1, 0.15) is 5.56 Å². The highest BCUT2D eigenvalue weighted by atomic mass is 79.9. The minimum atomic E-state index is -0.399. The molecule has 0 saturated heterocycles. The Bertz CT molecular complexity index is 635. The number of ether oxygens (including phenoxy) is 2. The Balaban J connectivity index is 2.08. The molecule has 0 radical (unpaired) electrons. The van der Waals surface area contributed by atoms with Crippen molar-refractivity contribution in [1.29, 1.82) is 0 Å². The normalized spacial score (nSPS) is 10.4. The van der Waals surface area contributed by atoms with Gasteiger partial charge in [-0.3, -0.25) is 4.79 Å². The smallest absolute Gasteiger partial charge is 0.327 e. The molecule has 0 atom stereocenters. The Morgan fingerprint density at radius 2 is 2.24 bits per heavy atom. The third-order valence-electron chi connectivity index (χ3n) is 2.60. The average Bonchev–Trinajstić information content (AvgIpc) is 2.92. The molecule has 0 saturated carbocycles. The number of hydrogen-bond acceptors (Lipinski definition) is 7. The third-order valence-corrected chi connectivity index (χ3v) is 4.10. The zero-order valence-corrected chi connectivity index (χ0v) is 13.8. The zero-order valence-electron chi connectivity index (χ0n) is 11.4. The fourth-order valence-corrected chi connectivity index (χ4v) is 2.85. The predicted molar refractivity (Wildman–Crippen MR) is 80.1 cm³/mol. The first-order valence-corrected chi connectivity index (χ1v) is 7.70. The lowest BCUT2D eigenvalue weighted by molar-refractivity contribution is -0.141. The highest BCUT2D eigenvalue weighted by molar-refractivity contribution is 9.10. The van der Waals surface area contributed by atoms with Crippen molar-refractivity contribution in [1.82, 2.24) is 20.2 Å². The van der Waals surface area contributed by atoms with Crippen LogP contribution in [0.15, 0.2) is 27.8 Å². The van der Waals surface area contributed by atoms with Crippen LogP contribution in [0.3, 0.4) is 0 Å². The fraction of sp³-hybridized carbons (Fsp3) is 0.333. The molecule has 0 amide bonds. The summed E-state index contributed by atoms with van der Waals surface area (Å²) in [7, 11) is 2.95. The van der Waals surface area contributed by atoms with Gasteiger partial charge in [-0.05, 0) is 28.6 Å². The van der Waals surface area contributed by atoms with E-state index < -0.39 is 5.97 Å². The number of esters is 1. The molecule has 9 heteroatoms. The van der Waals surface area contributed by atoms with Crippen molar-refractivity contribution in [2.75, 3.05) is 14.2 Å².